The average molecular weight is 312 g/mol. The van der Waals surface area contributed by atoms with E-state index in [2.05, 4.69) is 10.1 Å². The Balaban J connectivity index is 2.72. The van der Waals surface area contributed by atoms with Crippen molar-refractivity contribution in [2.45, 2.75) is 19.0 Å². The zero-order valence-electron chi connectivity index (χ0n) is 11.0. The van der Waals surface area contributed by atoms with Crippen molar-refractivity contribution in [1.29, 1.82) is 0 Å². The summed E-state index contributed by atoms with van der Waals surface area (Å²) < 4.78 is 45.6. The Labute approximate surface area is 117 Å². The molecular formula is C11H15F3N2O3S. The van der Waals surface area contributed by atoms with Crippen molar-refractivity contribution in [3.8, 4) is 5.75 Å². The van der Waals surface area contributed by atoms with Crippen molar-refractivity contribution in [3.05, 3.63) is 4.88 Å². The Hall–Kier alpha value is -1.64. The minimum atomic E-state index is -4.18. The molecule has 0 amide bonds. The maximum atomic E-state index is 12.0. The molecule has 0 bridgehead atoms. The van der Waals surface area contributed by atoms with Gasteiger partial charge in [-0.05, 0) is 6.42 Å². The van der Waals surface area contributed by atoms with Crippen LogP contribution < -0.4 is 15.8 Å². The van der Waals surface area contributed by atoms with Crippen LogP contribution >= 0.6 is 11.3 Å². The second-order valence-electron chi connectivity index (χ2n) is 3.84. The third-order valence-corrected chi connectivity index (χ3v) is 3.52. The fourth-order valence-corrected chi connectivity index (χ4v) is 2.52. The van der Waals surface area contributed by atoms with Gasteiger partial charge in [0.1, 0.15) is 15.6 Å². The molecule has 5 nitrogen and oxygen atoms in total. The van der Waals surface area contributed by atoms with Gasteiger partial charge in [0, 0.05) is 13.0 Å². The molecule has 0 saturated heterocycles. The Morgan fingerprint density at radius 3 is 2.55 bits per heavy atom. The van der Waals surface area contributed by atoms with Gasteiger partial charge in [-0.1, -0.05) is 0 Å². The number of methoxy groups -OCH3 is 2. The van der Waals surface area contributed by atoms with Gasteiger partial charge in [-0.3, -0.25) is 0 Å². The molecule has 20 heavy (non-hydrogen) atoms. The summed E-state index contributed by atoms with van der Waals surface area (Å²) >= 11 is 0.984. The number of esters is 1. The van der Waals surface area contributed by atoms with E-state index in [0.29, 0.717) is 5.00 Å². The van der Waals surface area contributed by atoms with E-state index in [0.717, 1.165) is 11.3 Å². The van der Waals surface area contributed by atoms with E-state index in [1.54, 1.807) is 0 Å². The zero-order valence-corrected chi connectivity index (χ0v) is 11.8. The van der Waals surface area contributed by atoms with Gasteiger partial charge in [-0.15, -0.1) is 11.3 Å². The van der Waals surface area contributed by atoms with Gasteiger partial charge >= 0.3 is 12.1 Å². The summed E-state index contributed by atoms with van der Waals surface area (Å²) in [6.07, 6.45) is -5.15. The van der Waals surface area contributed by atoms with Gasteiger partial charge in [0.15, 0.2) is 5.75 Å². The number of nitrogens with one attached hydrogen (secondary N) is 1. The van der Waals surface area contributed by atoms with Gasteiger partial charge in [0.05, 0.1) is 14.2 Å². The molecule has 0 aliphatic heterocycles. The molecule has 1 rings (SSSR count). The van der Waals surface area contributed by atoms with E-state index >= 15 is 0 Å². The minimum Gasteiger partial charge on any atom is -0.492 e. The molecule has 1 aromatic rings. The van der Waals surface area contributed by atoms with Crippen LogP contribution in [0.2, 0.25) is 0 Å². The zero-order chi connectivity index (χ0) is 15.3. The first kappa shape index (κ1) is 16.4. The van der Waals surface area contributed by atoms with Crippen LogP contribution in [0.15, 0.2) is 0 Å². The maximum Gasteiger partial charge on any atom is 0.389 e. The molecule has 1 heterocycles. The second kappa shape index (κ2) is 6.69. The van der Waals surface area contributed by atoms with Crippen molar-refractivity contribution in [2.75, 3.05) is 31.8 Å². The molecule has 9 heteroatoms. The molecular weight excluding hydrogens is 297 g/mol. The lowest BCUT2D eigenvalue weighted by atomic mass is 10.3. The molecule has 0 saturated carbocycles. The number of hydrogen-bond donors (Lipinski definition) is 2. The standard InChI is InChI=1S/C11H15F3N2O3S/c1-18-7-6(15)8(10(17)19-2)20-9(7)16-5-3-4-11(12,13)14/h16H,3-5,15H2,1-2H3. The monoisotopic (exact) mass is 312 g/mol. The Kier molecular flexibility index (Phi) is 5.49. The summed E-state index contributed by atoms with van der Waals surface area (Å²) in [7, 11) is 2.57. The summed E-state index contributed by atoms with van der Waals surface area (Å²) in [5, 5.41) is 3.19. The van der Waals surface area contributed by atoms with E-state index in [1.165, 1.54) is 14.2 Å². The molecule has 0 atom stereocenters. The van der Waals surface area contributed by atoms with Crippen LogP contribution in [0.1, 0.15) is 22.5 Å². The van der Waals surface area contributed by atoms with E-state index < -0.39 is 18.6 Å². The number of nitrogen functional groups attached to an aromatic ring is 1. The van der Waals surface area contributed by atoms with Gasteiger partial charge < -0.3 is 20.5 Å². The predicted molar refractivity (Wildman–Crippen MR) is 70.4 cm³/mol. The number of hydrogen-bond acceptors (Lipinski definition) is 6. The number of nitrogens with two attached hydrogens (primary N) is 1. The highest BCUT2D eigenvalue weighted by Gasteiger charge is 2.26. The molecule has 1 aromatic heterocycles. The third-order valence-electron chi connectivity index (χ3n) is 2.40. The van der Waals surface area contributed by atoms with Gasteiger partial charge in [-0.2, -0.15) is 13.2 Å². The number of halogens is 3. The Morgan fingerprint density at radius 2 is 2.05 bits per heavy atom. The van der Waals surface area contributed by atoms with E-state index in [1.807, 2.05) is 0 Å². The molecule has 0 radical (unpaired) electrons. The molecule has 0 unspecified atom stereocenters. The summed E-state index contributed by atoms with van der Waals surface area (Å²) in [4.78, 5) is 11.6. The highest BCUT2D eigenvalue weighted by atomic mass is 32.1. The normalized spacial score (nSPS) is 11.2. The van der Waals surface area contributed by atoms with Crippen LogP contribution in [0.25, 0.3) is 0 Å². The number of carbonyl (C=O) groups is 1. The first-order chi connectivity index (χ1) is 9.30. The summed E-state index contributed by atoms with van der Waals surface area (Å²) in [6, 6.07) is 0. The van der Waals surface area contributed by atoms with Crippen LogP contribution in [0.3, 0.4) is 0 Å². The number of ether oxygens (including phenoxy) is 2. The topological polar surface area (TPSA) is 73.6 Å². The van der Waals surface area contributed by atoms with Crippen LogP contribution in [0.5, 0.6) is 5.75 Å². The number of alkyl halides is 3. The van der Waals surface area contributed by atoms with Crippen LogP contribution in [-0.2, 0) is 4.74 Å². The molecule has 0 aliphatic carbocycles. The average Bonchev–Trinajstić information content (AvgIpc) is 2.69. The molecule has 0 fully saturated rings. The van der Waals surface area contributed by atoms with Crippen molar-refractivity contribution in [3.63, 3.8) is 0 Å². The maximum absolute atomic E-state index is 12.0. The molecule has 0 spiro atoms. The molecule has 3 N–H and O–H groups in total. The lowest BCUT2D eigenvalue weighted by Gasteiger charge is -2.08. The van der Waals surface area contributed by atoms with Crippen molar-refractivity contribution in [1.82, 2.24) is 0 Å². The number of rotatable bonds is 6. The smallest absolute Gasteiger partial charge is 0.389 e. The summed E-state index contributed by atoms with van der Waals surface area (Å²) in [5.41, 5.74) is 5.84. The van der Waals surface area contributed by atoms with Gasteiger partial charge in [0.25, 0.3) is 0 Å². The summed E-state index contributed by atoms with van der Waals surface area (Å²) in [5.74, 6) is -0.378. The SMILES string of the molecule is COC(=O)c1sc(NCCCC(F)(F)F)c(OC)c1N. The Morgan fingerprint density at radius 1 is 1.40 bits per heavy atom. The highest BCUT2D eigenvalue weighted by Crippen LogP contribution is 2.42. The Bertz CT molecular complexity index is 474. The number of thiophene rings is 1. The fourth-order valence-electron chi connectivity index (χ4n) is 1.48. The first-order valence-electron chi connectivity index (χ1n) is 5.65. The fraction of sp³-hybridized carbons (Fsp3) is 0.545. The number of anilines is 2. The van der Waals surface area contributed by atoms with Crippen molar-refractivity contribution >= 4 is 28.0 Å². The largest absolute Gasteiger partial charge is 0.492 e. The lowest BCUT2D eigenvalue weighted by molar-refractivity contribution is -0.134. The predicted octanol–water partition coefficient (Wildman–Crippen LogP) is 2.88. The third kappa shape index (κ3) is 4.19. The van der Waals surface area contributed by atoms with E-state index in [-0.39, 0.29) is 29.3 Å². The van der Waals surface area contributed by atoms with E-state index in [4.69, 9.17) is 10.5 Å². The van der Waals surface area contributed by atoms with Crippen molar-refractivity contribution < 1.29 is 27.4 Å². The van der Waals surface area contributed by atoms with Crippen LogP contribution in [0.4, 0.5) is 23.9 Å². The summed E-state index contributed by atoms with van der Waals surface area (Å²) in [6.45, 7) is 0.0937. The quantitative estimate of drug-likeness (QED) is 0.624. The van der Waals surface area contributed by atoms with Gasteiger partial charge in [-0.25, -0.2) is 4.79 Å². The minimum absolute atomic E-state index is 0.0853. The van der Waals surface area contributed by atoms with Crippen LogP contribution in [-0.4, -0.2) is 32.9 Å². The highest BCUT2D eigenvalue weighted by molar-refractivity contribution is 7.19. The molecule has 114 valence electrons. The first-order valence-corrected chi connectivity index (χ1v) is 6.47. The van der Waals surface area contributed by atoms with Crippen molar-refractivity contribution in [2.24, 2.45) is 0 Å². The number of carbonyl (C=O) groups excluding carboxylic acids is 1. The molecule has 0 aromatic carbocycles. The lowest BCUT2D eigenvalue weighted by Crippen LogP contribution is -2.10. The van der Waals surface area contributed by atoms with Crippen LogP contribution in [0, 0.1) is 0 Å². The van der Waals surface area contributed by atoms with Gasteiger partial charge in [0.2, 0.25) is 0 Å². The van der Waals surface area contributed by atoms with E-state index in [9.17, 15) is 18.0 Å². The molecule has 0 aliphatic rings. The second-order valence-corrected chi connectivity index (χ2v) is 4.86.